The van der Waals surface area contributed by atoms with Gasteiger partial charge in [-0.3, -0.25) is 4.55 Å². The van der Waals surface area contributed by atoms with Gasteiger partial charge in [0.1, 0.15) is 0 Å². The van der Waals surface area contributed by atoms with Crippen LogP contribution in [-0.2, 0) is 52.2 Å². The molecule has 287 valence electrons. The zero-order valence-electron chi connectivity index (χ0n) is 32.5. The summed E-state index contributed by atoms with van der Waals surface area (Å²) in [6.45, 7) is 6.82. The Kier molecular flexibility index (Phi) is 35.7. The quantitative estimate of drug-likeness (QED) is 0.0417. The first-order chi connectivity index (χ1) is 23.9. The molecule has 0 saturated heterocycles. The van der Waals surface area contributed by atoms with E-state index in [1.165, 1.54) is 184 Å². The zero-order valence-corrected chi connectivity index (χ0v) is 34.9. The van der Waals surface area contributed by atoms with Gasteiger partial charge in [-0.2, -0.15) is 8.42 Å². The minimum absolute atomic E-state index is 0.178. The number of aryl methyl sites for hydroxylation is 1. The van der Waals surface area contributed by atoms with Gasteiger partial charge < -0.3 is 0 Å². The molecule has 0 unspecified atom stereocenters. The van der Waals surface area contributed by atoms with Gasteiger partial charge in [0.2, 0.25) is 0 Å². The third-order valence-corrected chi connectivity index (χ3v) is 11.1. The van der Waals surface area contributed by atoms with Crippen molar-refractivity contribution in [2.45, 2.75) is 238 Å². The summed E-state index contributed by atoms with van der Waals surface area (Å²) in [5.74, 6) is 0. The summed E-state index contributed by atoms with van der Waals surface area (Å²) in [5.41, 5.74) is 3.52. The third kappa shape index (κ3) is 28.8. The number of benzene rings is 1. The van der Waals surface area contributed by atoms with Gasteiger partial charge in [-0.05, 0) is 61.3 Å². The van der Waals surface area contributed by atoms with E-state index in [1.807, 2.05) is 6.07 Å². The molecule has 0 radical (unpaired) electrons. The van der Waals surface area contributed by atoms with Gasteiger partial charge in [-0.1, -0.05) is 200 Å². The van der Waals surface area contributed by atoms with Crippen molar-refractivity contribution in [1.82, 2.24) is 0 Å². The molecule has 0 heterocycles. The molecule has 7 heteroatoms. The average Bonchev–Trinajstić information content (AvgIpc) is 3.07. The molecule has 1 rings (SSSR count). The summed E-state index contributed by atoms with van der Waals surface area (Å²) in [7, 11) is -4.23. The van der Waals surface area contributed by atoms with Crippen LogP contribution in [0.5, 0.6) is 0 Å². The normalized spacial score (nSPS) is 11.4. The van der Waals surface area contributed by atoms with E-state index >= 15 is 0 Å². The molecule has 49 heavy (non-hydrogen) atoms. The summed E-state index contributed by atoms with van der Waals surface area (Å²) in [5, 5.41) is 0. The summed E-state index contributed by atoms with van der Waals surface area (Å²) in [4.78, 5) is 0.178. The second-order valence-electron chi connectivity index (χ2n) is 14.5. The number of hydrogen-bond acceptors (Lipinski definition) is 3. The van der Waals surface area contributed by atoms with Gasteiger partial charge in [0.05, 0.1) is 4.90 Å². The molecule has 0 aromatic heterocycles. The Bertz CT molecular complexity index is 982. The predicted octanol–water partition coefficient (Wildman–Crippen LogP) is 13.6. The van der Waals surface area contributed by atoms with E-state index in [-0.39, 0.29) is 4.90 Å². The average molecular weight is 744 g/mol. The van der Waals surface area contributed by atoms with Crippen LogP contribution in [0.1, 0.15) is 230 Å². The summed E-state index contributed by atoms with van der Waals surface area (Å²) >= 11 is -1.75. The molecule has 0 aliphatic heterocycles. The maximum absolute atomic E-state index is 12.5. The Morgan fingerprint density at radius 1 is 0.449 bits per heavy atom. The van der Waals surface area contributed by atoms with E-state index in [2.05, 4.69) is 20.8 Å². The van der Waals surface area contributed by atoms with Crippen molar-refractivity contribution in [3.8, 4) is 0 Å². The predicted molar refractivity (Wildman–Crippen MR) is 206 cm³/mol. The fourth-order valence-corrected chi connectivity index (χ4v) is 7.94. The molecule has 1 aromatic carbocycles. The van der Waals surface area contributed by atoms with E-state index in [9.17, 15) is 13.0 Å². The van der Waals surface area contributed by atoms with E-state index in [4.69, 9.17) is 7.01 Å². The molecule has 0 saturated carbocycles. The van der Waals surface area contributed by atoms with Gasteiger partial charge in [0, 0.05) is 0 Å². The number of unbranched alkanes of at least 4 members (excludes halogenated alkanes) is 27. The summed E-state index contributed by atoms with van der Waals surface area (Å²) in [6, 6.07) is 3.75. The molecule has 1 aromatic rings. The Balaban J connectivity index is 0.00000738. The molecule has 0 spiro atoms. The van der Waals surface area contributed by atoms with Crippen molar-refractivity contribution in [1.29, 1.82) is 0 Å². The van der Waals surface area contributed by atoms with Crippen LogP contribution < -0.4 is 0 Å². The summed E-state index contributed by atoms with van der Waals surface area (Å²) < 4.78 is 51.1. The first-order valence-corrected chi connectivity index (χ1v) is 23.8. The van der Waals surface area contributed by atoms with Crippen molar-refractivity contribution in [2.75, 3.05) is 0 Å². The van der Waals surface area contributed by atoms with E-state index in [0.29, 0.717) is 0 Å². The van der Waals surface area contributed by atoms with Crippen LogP contribution in [0.25, 0.3) is 0 Å². The van der Waals surface area contributed by atoms with Crippen molar-refractivity contribution in [3.63, 3.8) is 0 Å². The molecule has 2 N–H and O–H groups in total. The fraction of sp³-hybridized carbons (Fsp3) is 0.857. The minimum atomic E-state index is -4.23. The summed E-state index contributed by atoms with van der Waals surface area (Å²) in [6.07, 6.45) is 41.7. The number of hydrogen-bond donors (Lipinski definition) is 2. The van der Waals surface area contributed by atoms with E-state index in [0.717, 1.165) is 44.1 Å². The van der Waals surface area contributed by atoms with Crippen molar-refractivity contribution >= 4 is 10.1 Å². The number of rotatable bonds is 34. The zero-order chi connectivity index (χ0) is 36.3. The first-order valence-electron chi connectivity index (χ1n) is 21.0. The molecular formula is C42H79O5STi. The van der Waals surface area contributed by atoms with Gasteiger partial charge in [-0.15, -0.1) is 0 Å². The molecule has 0 aliphatic carbocycles. The Morgan fingerprint density at radius 2 is 0.714 bits per heavy atom. The Morgan fingerprint density at radius 3 is 1.02 bits per heavy atom. The molecule has 0 fully saturated rings. The van der Waals surface area contributed by atoms with Crippen LogP contribution >= 0.6 is 0 Å². The fourth-order valence-electron chi connectivity index (χ4n) is 7.16. The SMILES string of the molecule is CCCCCCCCCCCCc1ccc(S(=O)(=O)O)c(CCCCCCCCCCCC)c1CCCCCCCCCCCC.[O]=[Ti][OH]. The topological polar surface area (TPSA) is 91.7 Å². The van der Waals surface area contributed by atoms with Crippen molar-refractivity contribution < 1.29 is 39.5 Å². The van der Waals surface area contributed by atoms with Crippen molar-refractivity contribution in [2.24, 2.45) is 0 Å². The second-order valence-corrected chi connectivity index (χ2v) is 16.2. The molecule has 0 atom stereocenters. The maximum atomic E-state index is 12.5. The van der Waals surface area contributed by atoms with Gasteiger partial charge in [-0.25, -0.2) is 0 Å². The molecule has 0 amide bonds. The van der Waals surface area contributed by atoms with Crippen LogP contribution in [0.3, 0.4) is 0 Å². The van der Waals surface area contributed by atoms with Crippen LogP contribution in [0, 0.1) is 0 Å². The molecular weight excluding hydrogens is 664 g/mol. The van der Waals surface area contributed by atoms with Crippen molar-refractivity contribution in [3.05, 3.63) is 28.8 Å². The molecule has 0 bridgehead atoms. The Labute approximate surface area is 314 Å². The van der Waals surface area contributed by atoms with Crippen LogP contribution in [0.4, 0.5) is 0 Å². The van der Waals surface area contributed by atoms with Gasteiger partial charge >= 0.3 is 26.5 Å². The standard InChI is InChI=1S/C42H78O3S.H2O.O.Ti/c1-4-7-10-13-16-19-22-25-28-31-34-39-37-38-42(46(43,44)45)41(36-33-30-27-24-21-18-15-12-9-6-3)40(39)35-32-29-26-23-20-17-14-11-8-5-2;;;/h37-38H,4-36H2,1-3H3,(H,43,44,45);1H2;;/q;;;+1/p-1. The van der Waals surface area contributed by atoms with Gasteiger partial charge in [0.25, 0.3) is 10.1 Å². The van der Waals surface area contributed by atoms with Crippen LogP contribution in [0.2, 0.25) is 0 Å². The Hall–Kier alpha value is -0.396. The second kappa shape index (κ2) is 36.0. The van der Waals surface area contributed by atoms with Crippen LogP contribution in [-0.4, -0.2) is 16.7 Å². The van der Waals surface area contributed by atoms with E-state index in [1.54, 1.807) is 6.07 Å². The monoisotopic (exact) mass is 744 g/mol. The van der Waals surface area contributed by atoms with E-state index < -0.39 is 29.6 Å². The molecule has 5 nitrogen and oxygen atoms in total. The van der Waals surface area contributed by atoms with Crippen LogP contribution in [0.15, 0.2) is 17.0 Å². The molecule has 0 aliphatic rings. The van der Waals surface area contributed by atoms with Gasteiger partial charge in [0.15, 0.2) is 0 Å². The first kappa shape index (κ1) is 48.6. The third-order valence-electron chi connectivity index (χ3n) is 10.1.